The van der Waals surface area contributed by atoms with Crippen LogP contribution in [-0.2, 0) is 18.8 Å². The van der Waals surface area contributed by atoms with Crippen molar-refractivity contribution in [1.29, 1.82) is 0 Å². The molecule has 3 unspecified atom stereocenters. The van der Waals surface area contributed by atoms with Gasteiger partial charge in [-0.25, -0.2) is 4.31 Å². The largest absolute Gasteiger partial charge is 0.518 e. The topological polar surface area (TPSA) is 122 Å². The number of hydrogen-bond donors (Lipinski definition) is 1. The quantitative estimate of drug-likeness (QED) is 0.151. The molecule has 3 atom stereocenters. The molecule has 39 heavy (non-hydrogen) atoms. The van der Waals surface area contributed by atoms with Crippen molar-refractivity contribution in [2.45, 2.75) is 50.9 Å². The van der Waals surface area contributed by atoms with Crippen LogP contribution < -0.4 is 10.1 Å². The Morgan fingerprint density at radius 2 is 1.54 bits per heavy atom. The molecule has 204 valence electrons. The first-order valence-electron chi connectivity index (χ1n) is 12.2. The molecule has 1 fully saturated rings. The van der Waals surface area contributed by atoms with Gasteiger partial charge in [0.05, 0.1) is 11.1 Å². The molecule has 10 nitrogen and oxygen atoms in total. The minimum Gasteiger partial charge on any atom is -0.518 e. The summed E-state index contributed by atoms with van der Waals surface area (Å²) in [6.07, 6.45) is 0. The molecule has 0 radical (unpaired) electrons. The number of carbonyl (C=O) groups excluding carboxylic acids is 5. The van der Waals surface area contributed by atoms with E-state index in [-0.39, 0.29) is 11.1 Å². The number of imide groups is 1. The molecule has 0 aromatic heterocycles. The fourth-order valence-corrected chi connectivity index (χ4v) is 6.14. The third kappa shape index (κ3) is 5.76. The van der Waals surface area contributed by atoms with E-state index in [9.17, 15) is 24.0 Å². The Bertz CT molecular complexity index is 1330. The Hall–Kier alpha value is -3.90. The highest BCUT2D eigenvalue weighted by atomic mass is 32.2. The van der Waals surface area contributed by atoms with Crippen LogP contribution in [0.4, 0.5) is 0 Å². The summed E-state index contributed by atoms with van der Waals surface area (Å²) in [6, 6.07) is 12.1. The summed E-state index contributed by atoms with van der Waals surface area (Å²) in [5, 5.41) is 1.66. The van der Waals surface area contributed by atoms with E-state index in [0.717, 1.165) is 27.8 Å². The van der Waals surface area contributed by atoms with Crippen molar-refractivity contribution in [3.05, 3.63) is 71.8 Å². The maximum Gasteiger partial charge on any atom is 0.319 e. The fourth-order valence-electron chi connectivity index (χ4n) is 4.18. The Morgan fingerprint density at radius 1 is 1.00 bits per heavy atom. The minimum absolute atomic E-state index is 0.257. The van der Waals surface area contributed by atoms with E-state index in [1.165, 1.54) is 11.8 Å². The van der Waals surface area contributed by atoms with Crippen LogP contribution in [-0.4, -0.2) is 64.6 Å². The zero-order chi connectivity index (χ0) is 28.6. The monoisotopic (exact) mass is 567 g/mol. The first kappa shape index (κ1) is 28.1. The molecule has 6 rings (SSSR count). The summed E-state index contributed by atoms with van der Waals surface area (Å²) in [6.45, 7) is 12.2. The van der Waals surface area contributed by atoms with Crippen LogP contribution in [0.1, 0.15) is 34.6 Å². The summed E-state index contributed by atoms with van der Waals surface area (Å²) in [5.41, 5.74) is 0.886. The van der Waals surface area contributed by atoms with E-state index >= 15 is 0 Å². The highest BCUT2D eigenvalue weighted by Crippen LogP contribution is 2.40. The van der Waals surface area contributed by atoms with Gasteiger partial charge in [-0.3, -0.25) is 24.0 Å². The van der Waals surface area contributed by atoms with Gasteiger partial charge in [0.2, 0.25) is 20.1 Å². The van der Waals surface area contributed by atoms with Crippen LogP contribution in [0.2, 0.25) is 19.6 Å². The van der Waals surface area contributed by atoms with Gasteiger partial charge in [-0.15, -0.1) is 0 Å². The third-order valence-electron chi connectivity index (χ3n) is 5.83. The zero-order valence-electron chi connectivity index (χ0n) is 22.2. The van der Waals surface area contributed by atoms with Crippen LogP contribution in [0.3, 0.4) is 0 Å². The Balaban J connectivity index is 0.000000429. The van der Waals surface area contributed by atoms with Crippen LogP contribution in [0.15, 0.2) is 60.7 Å². The van der Waals surface area contributed by atoms with Gasteiger partial charge in [-0.1, -0.05) is 24.8 Å². The number of rotatable bonds is 7. The predicted molar refractivity (Wildman–Crippen MR) is 147 cm³/mol. The lowest BCUT2D eigenvalue weighted by Gasteiger charge is -2.50. The van der Waals surface area contributed by atoms with Crippen molar-refractivity contribution in [2.75, 3.05) is 0 Å². The molecule has 1 N–H and O–H groups in total. The lowest BCUT2D eigenvalue weighted by atomic mass is 9.99. The minimum atomic E-state index is -2.28. The van der Waals surface area contributed by atoms with E-state index in [2.05, 4.69) is 11.9 Å². The number of β-lactam (4-membered cyclic amide) rings is 1. The molecule has 0 saturated carbocycles. The molecule has 1 saturated heterocycles. The molecule has 2 aromatic rings. The molecular formula is C27H29N3O7SSi. The van der Waals surface area contributed by atoms with Crippen molar-refractivity contribution in [2.24, 2.45) is 0 Å². The normalized spacial score (nSPS) is 19.5. The molecule has 0 spiro atoms. The van der Waals surface area contributed by atoms with Crippen LogP contribution in [0.25, 0.3) is 0 Å². The number of nitrogens with one attached hydrogen (secondary N) is 1. The highest BCUT2D eigenvalue weighted by Gasteiger charge is 2.56. The number of benzene rings is 2. The number of likely N-dealkylation sites (tertiary alicyclic amines) is 1. The second kappa shape index (κ2) is 10.7. The first-order chi connectivity index (χ1) is 18.3. The third-order valence-corrected chi connectivity index (χ3v) is 7.90. The van der Waals surface area contributed by atoms with E-state index < -0.39 is 55.4 Å². The second-order valence-corrected chi connectivity index (χ2v) is 15.7. The lowest BCUT2D eigenvalue weighted by Crippen LogP contribution is -2.73. The maximum absolute atomic E-state index is 13.0. The van der Waals surface area contributed by atoms with E-state index in [4.69, 9.17) is 9.16 Å². The number of hydrogen-bond acceptors (Lipinski definition) is 8. The van der Waals surface area contributed by atoms with Crippen molar-refractivity contribution < 1.29 is 33.1 Å². The number of amides is 4. The summed E-state index contributed by atoms with van der Waals surface area (Å²) in [4.78, 5) is 64.4. The Kier molecular flexibility index (Phi) is 7.71. The van der Waals surface area contributed by atoms with Crippen LogP contribution in [0.5, 0.6) is 11.5 Å². The van der Waals surface area contributed by atoms with Gasteiger partial charge in [0.25, 0.3) is 11.8 Å². The van der Waals surface area contributed by atoms with Crippen LogP contribution >= 0.6 is 11.9 Å². The van der Waals surface area contributed by atoms with Crippen molar-refractivity contribution in [3.63, 3.8) is 0 Å². The molecular weight excluding hydrogens is 538 g/mol. The average Bonchev–Trinajstić information content (AvgIpc) is 3.08. The smallest absolute Gasteiger partial charge is 0.319 e. The molecule has 4 aliphatic heterocycles. The fraction of sp³-hybridized carbons (Fsp3) is 0.296. The van der Waals surface area contributed by atoms with Gasteiger partial charge in [-0.05, 0) is 68.4 Å². The number of nitrogens with zero attached hydrogens (tertiary/aromatic N) is 2. The predicted octanol–water partition coefficient (Wildman–Crippen LogP) is 3.72. The van der Waals surface area contributed by atoms with E-state index in [1.807, 2.05) is 43.9 Å². The summed E-state index contributed by atoms with van der Waals surface area (Å²) >= 11 is 0.797. The summed E-state index contributed by atoms with van der Waals surface area (Å²) in [7, 11) is -2.28. The van der Waals surface area contributed by atoms with Crippen molar-refractivity contribution in [1.82, 2.24) is 14.5 Å². The van der Waals surface area contributed by atoms with Crippen molar-refractivity contribution >= 4 is 49.9 Å². The SMILES string of the molecule is C=C(C)C(C(=O)O[Si](C)(C)C)N1C(=O)C(NC(C)=O)C1SN1C(=O)c2ccccc2C1=O.c1cc2cc(c1)O2. The standard InChI is InChI=1S/C21H25N3O6SSi.C6H4O/c1-11(2)16(21(29)30-32(4,5)6)23-19(28)15(22-12(3)25)20(23)31-24-17(26)13-9-7-8-10-14(13)18(24)27;1-2-5-4-6(3-1)7-5/h7-10,15-16,20H,1H2,2-6H3,(H,22,25);1-4H. The second-order valence-electron chi connectivity index (χ2n) is 10.2. The lowest BCUT2D eigenvalue weighted by molar-refractivity contribution is -0.159. The molecule has 12 heteroatoms. The average molecular weight is 568 g/mol. The Morgan fingerprint density at radius 3 is 1.92 bits per heavy atom. The maximum atomic E-state index is 13.0. The van der Waals surface area contributed by atoms with Crippen LogP contribution in [0, 0.1) is 0 Å². The van der Waals surface area contributed by atoms with Gasteiger partial charge >= 0.3 is 5.97 Å². The van der Waals surface area contributed by atoms with Gasteiger partial charge in [0.15, 0.2) is 6.04 Å². The number of ether oxygens (including phenoxy) is 1. The van der Waals surface area contributed by atoms with Gasteiger partial charge in [-0.2, -0.15) is 0 Å². The molecule has 2 bridgehead atoms. The highest BCUT2D eigenvalue weighted by molar-refractivity contribution is 7.98. The molecule has 4 amide bonds. The van der Waals surface area contributed by atoms with Gasteiger partial charge < -0.3 is 19.4 Å². The van der Waals surface area contributed by atoms with Gasteiger partial charge in [0, 0.05) is 13.0 Å². The van der Waals surface area contributed by atoms with Gasteiger partial charge in [0.1, 0.15) is 22.9 Å². The van der Waals surface area contributed by atoms with E-state index in [0.29, 0.717) is 5.57 Å². The summed E-state index contributed by atoms with van der Waals surface area (Å²) < 4.78 is 11.6. The summed E-state index contributed by atoms with van der Waals surface area (Å²) in [5.74, 6) is -0.669. The number of fused-ring (bicyclic) bond motifs is 3. The molecule has 0 aliphatic carbocycles. The molecule has 4 heterocycles. The molecule has 4 aliphatic rings. The Labute approximate surface area is 231 Å². The molecule has 2 aromatic carbocycles. The number of carbonyl (C=O) groups is 5. The zero-order valence-corrected chi connectivity index (χ0v) is 24.0. The van der Waals surface area contributed by atoms with Crippen molar-refractivity contribution in [3.8, 4) is 11.5 Å². The van der Waals surface area contributed by atoms with E-state index in [1.54, 1.807) is 31.2 Å². The first-order valence-corrected chi connectivity index (χ1v) is 16.4.